The molecule has 0 unspecified atom stereocenters. The Hall–Kier alpha value is -3.26. The van der Waals surface area contributed by atoms with Crippen molar-refractivity contribution < 1.29 is 9.53 Å². The number of pyridine rings is 2. The van der Waals surface area contributed by atoms with E-state index in [2.05, 4.69) is 9.97 Å². The van der Waals surface area contributed by atoms with Gasteiger partial charge < -0.3 is 20.8 Å². The predicted octanol–water partition coefficient (Wildman–Crippen LogP) is 1.45. The molecule has 1 aliphatic heterocycles. The highest BCUT2D eigenvalue weighted by Gasteiger charge is 2.21. The van der Waals surface area contributed by atoms with Crippen LogP contribution in [0.3, 0.4) is 0 Å². The van der Waals surface area contributed by atoms with Crippen LogP contribution in [0.2, 0.25) is 0 Å². The molecule has 1 fully saturated rings. The van der Waals surface area contributed by atoms with Crippen LogP contribution < -0.4 is 5.73 Å². The summed E-state index contributed by atoms with van der Waals surface area (Å²) in [4.78, 5) is 23.1. The minimum atomic E-state index is -0.0615. The van der Waals surface area contributed by atoms with Gasteiger partial charge in [0.1, 0.15) is 17.2 Å². The lowest BCUT2D eigenvalue weighted by Crippen LogP contribution is -2.41. The van der Waals surface area contributed by atoms with Crippen LogP contribution in [0.15, 0.2) is 36.8 Å². The van der Waals surface area contributed by atoms with Gasteiger partial charge in [0.05, 0.1) is 19.4 Å². The highest BCUT2D eigenvalue weighted by atomic mass is 16.5. The summed E-state index contributed by atoms with van der Waals surface area (Å²) in [6.45, 7) is 2.27. The lowest BCUT2D eigenvalue weighted by molar-refractivity contribution is 0.0298. The quantitative estimate of drug-likeness (QED) is 0.695. The van der Waals surface area contributed by atoms with Gasteiger partial charge in [-0.25, -0.2) is 9.97 Å². The molecule has 0 aromatic carbocycles. The summed E-state index contributed by atoms with van der Waals surface area (Å²) in [7, 11) is 0. The van der Waals surface area contributed by atoms with Gasteiger partial charge in [0, 0.05) is 48.4 Å². The number of rotatable bonds is 3. The molecule has 4 rings (SSSR count). The minimum absolute atomic E-state index is 0.0615. The third-order valence-electron chi connectivity index (χ3n) is 4.46. The molecule has 1 saturated heterocycles. The zero-order chi connectivity index (χ0) is 18.1. The smallest absolute Gasteiger partial charge is 0.272 e. The highest BCUT2D eigenvalue weighted by Crippen LogP contribution is 2.23. The third-order valence-corrected chi connectivity index (χ3v) is 4.46. The highest BCUT2D eigenvalue weighted by molar-refractivity contribution is 5.93. The van der Waals surface area contributed by atoms with E-state index in [1.165, 1.54) is 6.21 Å². The van der Waals surface area contributed by atoms with E-state index >= 15 is 0 Å². The molecule has 4 heterocycles. The molecule has 0 aliphatic carbocycles. The van der Waals surface area contributed by atoms with Crippen LogP contribution in [0.5, 0.6) is 0 Å². The predicted molar refractivity (Wildman–Crippen MR) is 97.4 cm³/mol. The summed E-state index contributed by atoms with van der Waals surface area (Å²) in [5, 5.41) is 7.43. The Morgan fingerprint density at radius 2 is 2.00 bits per heavy atom. The van der Waals surface area contributed by atoms with Crippen molar-refractivity contribution in [2.24, 2.45) is 0 Å². The first-order valence-corrected chi connectivity index (χ1v) is 8.28. The number of carbonyl (C=O) groups is 1. The van der Waals surface area contributed by atoms with Gasteiger partial charge in [-0.05, 0) is 18.2 Å². The Morgan fingerprint density at radius 1 is 1.19 bits per heavy atom. The van der Waals surface area contributed by atoms with Crippen LogP contribution in [0.4, 0.5) is 5.82 Å². The lowest BCUT2D eigenvalue weighted by Gasteiger charge is -2.26. The van der Waals surface area contributed by atoms with E-state index in [1.54, 1.807) is 27.8 Å². The number of ether oxygens (including phenoxy) is 1. The second-order valence-electron chi connectivity index (χ2n) is 6.04. The van der Waals surface area contributed by atoms with Gasteiger partial charge in [0.15, 0.2) is 0 Å². The number of nitrogen functional groups attached to an aromatic ring is 1. The Bertz CT molecular complexity index is 991. The zero-order valence-electron chi connectivity index (χ0n) is 14.1. The minimum Gasteiger partial charge on any atom is -0.383 e. The number of aromatic nitrogens is 3. The number of morpholine rings is 1. The van der Waals surface area contributed by atoms with Gasteiger partial charge in [-0.2, -0.15) is 0 Å². The van der Waals surface area contributed by atoms with E-state index in [0.717, 1.165) is 11.1 Å². The number of anilines is 1. The van der Waals surface area contributed by atoms with Gasteiger partial charge in [0.2, 0.25) is 0 Å². The normalized spacial score (nSPS) is 14.5. The lowest BCUT2D eigenvalue weighted by atomic mass is 10.1. The summed E-state index contributed by atoms with van der Waals surface area (Å²) in [6, 6.07) is 5.56. The first-order chi connectivity index (χ1) is 12.7. The zero-order valence-corrected chi connectivity index (χ0v) is 14.1. The van der Waals surface area contributed by atoms with Crippen molar-refractivity contribution in [2.45, 2.75) is 0 Å². The molecule has 0 radical (unpaired) electrons. The number of imidazole rings is 1. The summed E-state index contributed by atoms with van der Waals surface area (Å²) >= 11 is 0. The molecular weight excluding hydrogens is 332 g/mol. The molecule has 8 heteroatoms. The first-order valence-electron chi connectivity index (χ1n) is 8.28. The van der Waals surface area contributed by atoms with Crippen LogP contribution in [0.25, 0.3) is 16.8 Å². The van der Waals surface area contributed by atoms with Crippen LogP contribution in [-0.4, -0.2) is 57.7 Å². The average Bonchev–Trinajstić information content (AvgIpc) is 3.11. The van der Waals surface area contributed by atoms with Gasteiger partial charge in [-0.3, -0.25) is 9.20 Å². The summed E-state index contributed by atoms with van der Waals surface area (Å²) < 4.78 is 7.10. The maximum absolute atomic E-state index is 12.8. The Labute approximate surface area is 149 Å². The standard InChI is InChI=1S/C18H18N6O2/c19-8-13-7-14(9-22-17(13)20)12-1-2-16-21-10-15(24(16)11-12)18(25)23-3-5-26-6-4-23/h1-2,7-11,19H,3-6H2,(H2,20,22). The molecule has 0 spiro atoms. The molecule has 0 bridgehead atoms. The molecule has 1 amide bonds. The molecule has 3 aromatic rings. The van der Waals surface area contributed by atoms with Gasteiger partial charge >= 0.3 is 0 Å². The molecular formula is C18H18N6O2. The fraction of sp³-hybridized carbons (Fsp3) is 0.222. The number of hydrogen-bond donors (Lipinski definition) is 2. The van der Waals surface area contributed by atoms with E-state index in [1.807, 2.05) is 18.3 Å². The van der Waals surface area contributed by atoms with Gasteiger partial charge in [-0.15, -0.1) is 0 Å². The van der Waals surface area contributed by atoms with Crippen molar-refractivity contribution in [3.8, 4) is 11.1 Å². The molecule has 1 aliphatic rings. The van der Waals surface area contributed by atoms with Crippen molar-refractivity contribution in [1.29, 1.82) is 5.41 Å². The Morgan fingerprint density at radius 3 is 2.77 bits per heavy atom. The van der Waals surface area contributed by atoms with E-state index in [9.17, 15) is 4.79 Å². The largest absolute Gasteiger partial charge is 0.383 e. The Balaban J connectivity index is 1.75. The number of nitrogens with one attached hydrogen (secondary N) is 1. The van der Waals surface area contributed by atoms with Crippen LogP contribution in [-0.2, 0) is 4.74 Å². The monoisotopic (exact) mass is 350 g/mol. The van der Waals surface area contributed by atoms with E-state index in [4.69, 9.17) is 15.9 Å². The number of fused-ring (bicyclic) bond motifs is 1. The second-order valence-corrected chi connectivity index (χ2v) is 6.04. The fourth-order valence-electron chi connectivity index (χ4n) is 3.00. The summed E-state index contributed by atoms with van der Waals surface area (Å²) in [6.07, 6.45) is 6.29. The van der Waals surface area contributed by atoms with Crippen molar-refractivity contribution >= 4 is 23.6 Å². The van der Waals surface area contributed by atoms with Crippen molar-refractivity contribution in [2.75, 3.05) is 32.0 Å². The molecule has 0 saturated carbocycles. The molecule has 0 atom stereocenters. The fourth-order valence-corrected chi connectivity index (χ4v) is 3.00. The second kappa shape index (κ2) is 6.57. The maximum Gasteiger partial charge on any atom is 0.272 e. The first kappa shape index (κ1) is 16.2. The van der Waals surface area contributed by atoms with Crippen LogP contribution >= 0.6 is 0 Å². The maximum atomic E-state index is 12.8. The number of hydrogen-bond acceptors (Lipinski definition) is 6. The van der Waals surface area contributed by atoms with E-state index < -0.39 is 0 Å². The number of amides is 1. The molecule has 3 aromatic heterocycles. The Kier molecular flexibility index (Phi) is 4.10. The average molecular weight is 350 g/mol. The number of nitrogens with two attached hydrogens (primary N) is 1. The SMILES string of the molecule is N=Cc1cc(-c2ccc3ncc(C(=O)N4CCOCC4)n3c2)cnc1N. The number of carbonyl (C=O) groups excluding carboxylic acids is 1. The number of nitrogens with zero attached hydrogens (tertiary/aromatic N) is 4. The summed E-state index contributed by atoms with van der Waals surface area (Å²) in [5.74, 6) is 0.254. The van der Waals surface area contributed by atoms with Crippen molar-refractivity contribution in [3.05, 3.63) is 48.0 Å². The third kappa shape index (κ3) is 2.80. The van der Waals surface area contributed by atoms with Crippen LogP contribution in [0.1, 0.15) is 16.1 Å². The molecule has 8 nitrogen and oxygen atoms in total. The topological polar surface area (TPSA) is 110 Å². The van der Waals surface area contributed by atoms with Gasteiger partial charge in [-0.1, -0.05) is 0 Å². The molecule has 3 N–H and O–H groups in total. The van der Waals surface area contributed by atoms with Crippen LogP contribution in [0, 0.1) is 5.41 Å². The van der Waals surface area contributed by atoms with E-state index in [-0.39, 0.29) is 5.91 Å². The van der Waals surface area contributed by atoms with Crippen molar-refractivity contribution in [1.82, 2.24) is 19.3 Å². The van der Waals surface area contributed by atoms with Crippen molar-refractivity contribution in [3.63, 3.8) is 0 Å². The molecule has 26 heavy (non-hydrogen) atoms. The molecule has 132 valence electrons. The van der Waals surface area contributed by atoms with E-state index in [0.29, 0.717) is 49.0 Å². The summed E-state index contributed by atoms with van der Waals surface area (Å²) in [5.41, 5.74) is 9.20. The van der Waals surface area contributed by atoms with Gasteiger partial charge in [0.25, 0.3) is 5.91 Å².